The van der Waals surface area contributed by atoms with E-state index in [1.54, 1.807) is 6.07 Å². The number of methoxy groups -OCH3 is 1. The number of aromatic nitrogens is 1. The van der Waals surface area contributed by atoms with Gasteiger partial charge in [0.1, 0.15) is 10.7 Å². The van der Waals surface area contributed by atoms with Crippen LogP contribution in [0.2, 0.25) is 0 Å². The Hall–Kier alpha value is -1.71. The van der Waals surface area contributed by atoms with Crippen molar-refractivity contribution >= 4 is 15.9 Å². The molecule has 1 aromatic heterocycles. The van der Waals surface area contributed by atoms with Crippen LogP contribution in [0, 0.1) is 0 Å². The van der Waals surface area contributed by atoms with Gasteiger partial charge in [0, 0.05) is 39.0 Å². The molecule has 112 valence electrons. The summed E-state index contributed by atoms with van der Waals surface area (Å²) in [5, 5.41) is 11.3. The fourth-order valence-electron chi connectivity index (χ4n) is 1.48. The fraction of sp³-hybridized carbons (Fsp3) is 0.455. The lowest BCUT2D eigenvalue weighted by atomic mass is 10.4. The number of pyridine rings is 1. The summed E-state index contributed by atoms with van der Waals surface area (Å²) in [6.45, 7) is 0.512. The second-order valence-corrected chi connectivity index (χ2v) is 5.86. The van der Waals surface area contributed by atoms with Crippen molar-refractivity contribution in [1.82, 2.24) is 9.29 Å². The normalized spacial score (nSPS) is 12.8. The number of oxime groups is 1. The maximum absolute atomic E-state index is 12.4. The zero-order valence-electron chi connectivity index (χ0n) is 11.1. The molecule has 0 aliphatic heterocycles. The van der Waals surface area contributed by atoms with Crippen LogP contribution in [0.5, 0.6) is 0 Å². The third-order valence-electron chi connectivity index (χ3n) is 2.56. The summed E-state index contributed by atoms with van der Waals surface area (Å²) in [7, 11) is -2.19. The Labute approximate surface area is 117 Å². The summed E-state index contributed by atoms with van der Waals surface area (Å²) in [4.78, 5) is 3.89. The van der Waals surface area contributed by atoms with Gasteiger partial charge in [-0.1, -0.05) is 5.16 Å². The Balaban J connectivity index is 2.91. The Kier molecular flexibility index (Phi) is 6.36. The lowest BCUT2D eigenvalue weighted by Gasteiger charge is -2.21. The average molecular weight is 302 g/mol. The summed E-state index contributed by atoms with van der Waals surface area (Å²) in [6.07, 6.45) is 2.90. The van der Waals surface area contributed by atoms with E-state index in [9.17, 15) is 8.42 Å². The van der Waals surface area contributed by atoms with Crippen molar-refractivity contribution in [2.24, 2.45) is 10.9 Å². The maximum atomic E-state index is 12.4. The van der Waals surface area contributed by atoms with Crippen molar-refractivity contribution in [1.29, 1.82) is 0 Å². The molecule has 1 heterocycles. The second kappa shape index (κ2) is 7.78. The summed E-state index contributed by atoms with van der Waals surface area (Å²) < 4.78 is 31.0. The SMILES string of the molecule is COCCN(CCC(N)=NO)S(=O)(=O)c1cccnc1. The molecule has 0 aliphatic carbocycles. The molecule has 0 aromatic carbocycles. The molecule has 0 fully saturated rings. The van der Waals surface area contributed by atoms with E-state index in [0.29, 0.717) is 0 Å². The Bertz CT molecular complexity index is 533. The Morgan fingerprint density at radius 3 is 2.85 bits per heavy atom. The van der Waals surface area contributed by atoms with E-state index in [1.165, 1.54) is 29.9 Å². The van der Waals surface area contributed by atoms with Crippen LogP contribution >= 0.6 is 0 Å². The molecule has 1 aromatic rings. The van der Waals surface area contributed by atoms with Crippen molar-refractivity contribution in [3.8, 4) is 0 Å². The van der Waals surface area contributed by atoms with E-state index in [2.05, 4.69) is 10.1 Å². The molecule has 0 atom stereocenters. The minimum atomic E-state index is -3.68. The van der Waals surface area contributed by atoms with Gasteiger partial charge < -0.3 is 15.7 Å². The highest BCUT2D eigenvalue weighted by atomic mass is 32.2. The molecule has 0 saturated carbocycles. The number of hydrogen-bond acceptors (Lipinski definition) is 6. The first-order valence-electron chi connectivity index (χ1n) is 5.88. The van der Waals surface area contributed by atoms with Crippen molar-refractivity contribution in [2.45, 2.75) is 11.3 Å². The van der Waals surface area contributed by atoms with Gasteiger partial charge in [0.05, 0.1) is 6.61 Å². The van der Waals surface area contributed by atoms with Gasteiger partial charge in [-0.3, -0.25) is 4.98 Å². The molecular formula is C11H18N4O4S. The molecular weight excluding hydrogens is 284 g/mol. The largest absolute Gasteiger partial charge is 0.409 e. The van der Waals surface area contributed by atoms with Crippen LogP contribution in [0.3, 0.4) is 0 Å². The molecule has 0 unspecified atom stereocenters. The summed E-state index contributed by atoms with van der Waals surface area (Å²) in [5.41, 5.74) is 5.37. The third kappa shape index (κ3) is 4.44. The first-order chi connectivity index (χ1) is 9.52. The highest BCUT2D eigenvalue weighted by Gasteiger charge is 2.24. The van der Waals surface area contributed by atoms with Crippen molar-refractivity contribution in [2.75, 3.05) is 26.8 Å². The first-order valence-corrected chi connectivity index (χ1v) is 7.32. The molecule has 3 N–H and O–H groups in total. The number of ether oxygens (including phenoxy) is 1. The minimum absolute atomic E-state index is 0.0335. The van der Waals surface area contributed by atoms with E-state index < -0.39 is 10.0 Å². The quantitative estimate of drug-likeness (QED) is 0.298. The first kappa shape index (κ1) is 16.3. The zero-order chi connectivity index (χ0) is 15.0. The molecule has 0 amide bonds. The number of nitrogens with two attached hydrogens (primary N) is 1. The van der Waals surface area contributed by atoms with E-state index in [-0.39, 0.29) is 36.8 Å². The summed E-state index contributed by atoms with van der Waals surface area (Å²) in [5.74, 6) is -0.0335. The van der Waals surface area contributed by atoms with Crippen LogP contribution in [-0.4, -0.2) is 55.6 Å². The van der Waals surface area contributed by atoms with E-state index in [0.717, 1.165) is 0 Å². The number of hydrogen-bond donors (Lipinski definition) is 2. The van der Waals surface area contributed by atoms with Crippen LogP contribution in [0.25, 0.3) is 0 Å². The molecule has 1 rings (SSSR count). The lowest BCUT2D eigenvalue weighted by Crippen LogP contribution is -2.36. The van der Waals surface area contributed by atoms with Crippen molar-refractivity contribution < 1.29 is 18.4 Å². The predicted octanol–water partition coefficient (Wildman–Crippen LogP) is -0.145. The van der Waals surface area contributed by atoms with E-state index >= 15 is 0 Å². The highest BCUT2D eigenvalue weighted by molar-refractivity contribution is 7.89. The number of amidine groups is 1. The molecule has 9 heteroatoms. The standard InChI is InChI=1S/C11H18N4O4S/c1-19-8-7-15(6-4-11(12)14-16)20(17,18)10-3-2-5-13-9-10/h2-3,5,9,16H,4,6-8H2,1H3,(H2,12,14). The molecule has 0 aliphatic rings. The number of sulfonamides is 1. The Morgan fingerprint density at radius 1 is 1.55 bits per heavy atom. The second-order valence-electron chi connectivity index (χ2n) is 3.93. The lowest BCUT2D eigenvalue weighted by molar-refractivity contribution is 0.179. The van der Waals surface area contributed by atoms with Gasteiger partial charge in [0.25, 0.3) is 0 Å². The summed E-state index contributed by atoms with van der Waals surface area (Å²) >= 11 is 0. The Morgan fingerprint density at radius 2 is 2.30 bits per heavy atom. The summed E-state index contributed by atoms with van der Waals surface area (Å²) in [6, 6.07) is 3.01. The third-order valence-corrected chi connectivity index (χ3v) is 4.44. The smallest absolute Gasteiger partial charge is 0.244 e. The monoisotopic (exact) mass is 302 g/mol. The van der Waals surface area contributed by atoms with E-state index in [1.807, 2.05) is 0 Å². The number of nitrogens with zero attached hydrogens (tertiary/aromatic N) is 3. The maximum Gasteiger partial charge on any atom is 0.244 e. The fourth-order valence-corrected chi connectivity index (χ4v) is 2.87. The average Bonchev–Trinajstić information content (AvgIpc) is 2.47. The molecule has 8 nitrogen and oxygen atoms in total. The topological polar surface area (TPSA) is 118 Å². The molecule has 20 heavy (non-hydrogen) atoms. The van der Waals surface area contributed by atoms with Crippen LogP contribution in [0.15, 0.2) is 34.6 Å². The van der Waals surface area contributed by atoms with Gasteiger partial charge >= 0.3 is 0 Å². The zero-order valence-corrected chi connectivity index (χ0v) is 12.0. The van der Waals surface area contributed by atoms with Crippen molar-refractivity contribution in [3.05, 3.63) is 24.5 Å². The molecule has 0 spiro atoms. The van der Waals surface area contributed by atoms with Gasteiger partial charge in [-0.25, -0.2) is 8.42 Å². The predicted molar refractivity (Wildman–Crippen MR) is 72.9 cm³/mol. The van der Waals surface area contributed by atoms with Crippen molar-refractivity contribution in [3.63, 3.8) is 0 Å². The van der Waals surface area contributed by atoms with Gasteiger partial charge in [0.2, 0.25) is 10.0 Å². The van der Waals surface area contributed by atoms with Gasteiger partial charge in [0.15, 0.2) is 0 Å². The molecule has 0 saturated heterocycles. The van der Waals surface area contributed by atoms with Gasteiger partial charge in [-0.05, 0) is 12.1 Å². The van der Waals surface area contributed by atoms with Gasteiger partial charge in [-0.15, -0.1) is 0 Å². The van der Waals surface area contributed by atoms with Crippen LogP contribution < -0.4 is 5.73 Å². The minimum Gasteiger partial charge on any atom is -0.409 e. The van der Waals surface area contributed by atoms with Crippen LogP contribution in [-0.2, 0) is 14.8 Å². The van der Waals surface area contributed by atoms with Crippen LogP contribution in [0.4, 0.5) is 0 Å². The molecule has 0 bridgehead atoms. The highest BCUT2D eigenvalue weighted by Crippen LogP contribution is 2.14. The number of rotatable bonds is 8. The van der Waals surface area contributed by atoms with E-state index in [4.69, 9.17) is 15.7 Å². The molecule has 0 radical (unpaired) electrons. The van der Waals surface area contributed by atoms with Gasteiger partial charge in [-0.2, -0.15) is 4.31 Å². The van der Waals surface area contributed by atoms with Crippen LogP contribution in [0.1, 0.15) is 6.42 Å².